The van der Waals surface area contributed by atoms with E-state index in [9.17, 15) is 9.59 Å². The molecular weight excluding hydrogens is 338 g/mol. The molecule has 1 atom stereocenters. The number of fused-ring (bicyclic) bond motifs is 1. The quantitative estimate of drug-likeness (QED) is 0.850. The number of aryl methyl sites for hydroxylation is 1. The Hall–Kier alpha value is -2.82. The lowest BCUT2D eigenvalue weighted by molar-refractivity contribution is -0.117. The van der Waals surface area contributed by atoms with Gasteiger partial charge in [-0.25, -0.2) is 4.79 Å². The van der Waals surface area contributed by atoms with E-state index in [1.54, 1.807) is 0 Å². The second-order valence-corrected chi connectivity index (χ2v) is 7.30. The van der Waals surface area contributed by atoms with Gasteiger partial charge in [0.15, 0.2) is 0 Å². The number of nitrogens with one attached hydrogen (secondary N) is 2. The Morgan fingerprint density at radius 1 is 0.852 bits per heavy atom. The Bertz CT molecular complexity index is 843. The molecule has 0 bridgehead atoms. The SMILES string of the molecule is O=C(Nc1ccccc1NC(=O)N1CCCC1)C1CCCc2ccccc21. The van der Waals surface area contributed by atoms with Gasteiger partial charge in [-0.1, -0.05) is 36.4 Å². The molecule has 1 fully saturated rings. The monoisotopic (exact) mass is 363 g/mol. The highest BCUT2D eigenvalue weighted by Crippen LogP contribution is 2.33. The molecule has 27 heavy (non-hydrogen) atoms. The number of urea groups is 1. The van der Waals surface area contributed by atoms with Crippen molar-refractivity contribution in [1.29, 1.82) is 0 Å². The number of carbonyl (C=O) groups excluding carboxylic acids is 2. The second-order valence-electron chi connectivity index (χ2n) is 7.30. The molecule has 1 saturated heterocycles. The first-order chi connectivity index (χ1) is 13.2. The van der Waals surface area contributed by atoms with Gasteiger partial charge in [0.25, 0.3) is 0 Å². The molecular formula is C22H25N3O2. The van der Waals surface area contributed by atoms with Crippen molar-refractivity contribution in [3.05, 3.63) is 59.7 Å². The fraction of sp³-hybridized carbons (Fsp3) is 0.364. The summed E-state index contributed by atoms with van der Waals surface area (Å²) in [4.78, 5) is 27.2. The van der Waals surface area contributed by atoms with Crippen molar-refractivity contribution in [1.82, 2.24) is 4.90 Å². The molecule has 0 aromatic heterocycles. The average molecular weight is 363 g/mol. The molecule has 0 radical (unpaired) electrons. The largest absolute Gasteiger partial charge is 0.325 e. The van der Waals surface area contributed by atoms with E-state index in [0.717, 1.165) is 50.8 Å². The first kappa shape index (κ1) is 17.6. The van der Waals surface area contributed by atoms with E-state index in [2.05, 4.69) is 22.8 Å². The number of hydrogen-bond acceptors (Lipinski definition) is 2. The van der Waals surface area contributed by atoms with Crippen molar-refractivity contribution in [3.63, 3.8) is 0 Å². The standard InChI is InChI=1S/C22H25N3O2/c26-21(18-11-7-9-16-8-1-2-10-17(16)18)23-19-12-3-4-13-20(19)24-22(27)25-14-5-6-15-25/h1-4,8,10,12-13,18H,5-7,9,11,14-15H2,(H,23,26)(H,24,27). The van der Waals surface area contributed by atoms with Gasteiger partial charge in [-0.15, -0.1) is 0 Å². The number of carbonyl (C=O) groups is 2. The molecule has 2 aliphatic rings. The summed E-state index contributed by atoms with van der Waals surface area (Å²) in [7, 11) is 0. The van der Waals surface area contributed by atoms with Gasteiger partial charge in [0.05, 0.1) is 17.3 Å². The molecule has 2 aromatic carbocycles. The molecule has 140 valence electrons. The molecule has 1 unspecified atom stereocenters. The van der Waals surface area contributed by atoms with Gasteiger partial charge in [0.2, 0.25) is 5.91 Å². The third-order valence-electron chi connectivity index (χ3n) is 5.51. The van der Waals surface area contributed by atoms with Crippen molar-refractivity contribution < 1.29 is 9.59 Å². The van der Waals surface area contributed by atoms with Crippen LogP contribution >= 0.6 is 0 Å². The summed E-state index contributed by atoms with van der Waals surface area (Å²) < 4.78 is 0. The summed E-state index contributed by atoms with van der Waals surface area (Å²) >= 11 is 0. The van der Waals surface area contributed by atoms with Crippen molar-refractivity contribution in [2.24, 2.45) is 0 Å². The van der Waals surface area contributed by atoms with Gasteiger partial charge < -0.3 is 15.5 Å². The van der Waals surface area contributed by atoms with Gasteiger partial charge in [0.1, 0.15) is 0 Å². The van der Waals surface area contributed by atoms with Gasteiger partial charge in [-0.2, -0.15) is 0 Å². The van der Waals surface area contributed by atoms with Crippen LogP contribution in [0.5, 0.6) is 0 Å². The minimum Gasteiger partial charge on any atom is -0.325 e. The zero-order valence-electron chi connectivity index (χ0n) is 15.4. The molecule has 0 spiro atoms. The summed E-state index contributed by atoms with van der Waals surface area (Å²) in [6, 6.07) is 15.5. The number of benzene rings is 2. The molecule has 1 heterocycles. The van der Waals surface area contributed by atoms with Crippen molar-refractivity contribution in [2.75, 3.05) is 23.7 Å². The van der Waals surface area contributed by atoms with Gasteiger partial charge >= 0.3 is 6.03 Å². The van der Waals surface area contributed by atoms with Gasteiger partial charge in [-0.3, -0.25) is 4.79 Å². The van der Waals surface area contributed by atoms with E-state index in [4.69, 9.17) is 0 Å². The summed E-state index contributed by atoms with van der Waals surface area (Å²) in [6.07, 6.45) is 5.00. The molecule has 2 aromatic rings. The minimum atomic E-state index is -0.141. The Balaban J connectivity index is 1.50. The van der Waals surface area contributed by atoms with E-state index < -0.39 is 0 Å². The van der Waals surface area contributed by atoms with Crippen LogP contribution in [-0.4, -0.2) is 29.9 Å². The molecule has 2 N–H and O–H groups in total. The van der Waals surface area contributed by atoms with Crippen LogP contribution in [-0.2, 0) is 11.2 Å². The van der Waals surface area contributed by atoms with Crippen LogP contribution in [0.15, 0.2) is 48.5 Å². The maximum Gasteiger partial charge on any atom is 0.321 e. The average Bonchev–Trinajstić information content (AvgIpc) is 3.24. The maximum absolute atomic E-state index is 13.0. The maximum atomic E-state index is 13.0. The predicted octanol–water partition coefficient (Wildman–Crippen LogP) is 4.37. The van der Waals surface area contributed by atoms with Crippen LogP contribution in [0.2, 0.25) is 0 Å². The van der Waals surface area contributed by atoms with Crippen molar-refractivity contribution in [3.8, 4) is 0 Å². The molecule has 3 amide bonds. The Morgan fingerprint density at radius 2 is 1.52 bits per heavy atom. The highest BCUT2D eigenvalue weighted by Gasteiger charge is 2.27. The number of likely N-dealkylation sites (tertiary alicyclic amines) is 1. The van der Waals surface area contributed by atoms with E-state index in [1.165, 1.54) is 5.56 Å². The minimum absolute atomic E-state index is 0.00924. The van der Waals surface area contributed by atoms with Crippen molar-refractivity contribution in [2.45, 2.75) is 38.0 Å². The Kier molecular flexibility index (Phi) is 5.10. The summed E-state index contributed by atoms with van der Waals surface area (Å²) in [5.41, 5.74) is 3.68. The molecule has 1 aliphatic heterocycles. The van der Waals surface area contributed by atoms with Crippen LogP contribution in [0.4, 0.5) is 16.2 Å². The lowest BCUT2D eigenvalue weighted by Gasteiger charge is -2.25. The molecule has 1 aliphatic carbocycles. The Morgan fingerprint density at radius 3 is 2.30 bits per heavy atom. The van der Waals surface area contributed by atoms with Crippen LogP contribution in [0.3, 0.4) is 0 Å². The number of amides is 3. The zero-order valence-corrected chi connectivity index (χ0v) is 15.4. The normalized spacial score (nSPS) is 18.7. The first-order valence-corrected chi connectivity index (χ1v) is 9.76. The number of anilines is 2. The first-order valence-electron chi connectivity index (χ1n) is 9.76. The number of nitrogens with zero attached hydrogens (tertiary/aromatic N) is 1. The summed E-state index contributed by atoms with van der Waals surface area (Å²) in [6.45, 7) is 1.58. The number of para-hydroxylation sites is 2. The van der Waals surface area contributed by atoms with Crippen LogP contribution < -0.4 is 10.6 Å². The second kappa shape index (κ2) is 7.82. The van der Waals surface area contributed by atoms with Gasteiger partial charge in [-0.05, 0) is 55.4 Å². The summed E-state index contributed by atoms with van der Waals surface area (Å²) in [5, 5.41) is 6.00. The van der Waals surface area contributed by atoms with Gasteiger partial charge in [0, 0.05) is 13.1 Å². The van der Waals surface area contributed by atoms with E-state index in [-0.39, 0.29) is 17.9 Å². The number of hydrogen-bond donors (Lipinski definition) is 2. The molecule has 4 rings (SSSR count). The van der Waals surface area contributed by atoms with E-state index in [0.29, 0.717) is 11.4 Å². The Labute approximate surface area is 159 Å². The summed E-state index contributed by atoms with van der Waals surface area (Å²) in [5.74, 6) is -0.151. The fourth-order valence-corrected chi connectivity index (χ4v) is 4.06. The topological polar surface area (TPSA) is 61.4 Å². The molecule has 5 nitrogen and oxygen atoms in total. The van der Waals surface area contributed by atoms with Crippen LogP contribution in [0.1, 0.15) is 42.7 Å². The lowest BCUT2D eigenvalue weighted by atomic mass is 9.82. The smallest absolute Gasteiger partial charge is 0.321 e. The van der Waals surface area contributed by atoms with E-state index in [1.807, 2.05) is 41.3 Å². The third-order valence-corrected chi connectivity index (χ3v) is 5.51. The molecule has 0 saturated carbocycles. The lowest BCUT2D eigenvalue weighted by Crippen LogP contribution is -2.32. The van der Waals surface area contributed by atoms with Crippen LogP contribution in [0, 0.1) is 0 Å². The fourth-order valence-electron chi connectivity index (χ4n) is 4.06. The van der Waals surface area contributed by atoms with Crippen molar-refractivity contribution >= 4 is 23.3 Å². The zero-order chi connectivity index (χ0) is 18.6. The highest BCUT2D eigenvalue weighted by molar-refractivity contribution is 6.01. The predicted molar refractivity (Wildman–Crippen MR) is 107 cm³/mol. The van der Waals surface area contributed by atoms with Crippen LogP contribution in [0.25, 0.3) is 0 Å². The third kappa shape index (κ3) is 3.82. The van der Waals surface area contributed by atoms with E-state index >= 15 is 0 Å². The highest BCUT2D eigenvalue weighted by atomic mass is 16.2. The number of rotatable bonds is 3. The molecule has 5 heteroatoms.